The smallest absolute Gasteiger partial charge is 0.191 e. The van der Waals surface area contributed by atoms with E-state index in [9.17, 15) is 0 Å². The van der Waals surface area contributed by atoms with Crippen molar-refractivity contribution in [1.29, 1.82) is 0 Å². The van der Waals surface area contributed by atoms with Crippen molar-refractivity contribution in [3.05, 3.63) is 11.6 Å². The van der Waals surface area contributed by atoms with E-state index in [0.29, 0.717) is 24.1 Å². The van der Waals surface area contributed by atoms with Crippen molar-refractivity contribution in [3.63, 3.8) is 0 Å². The molecule has 1 heterocycles. The van der Waals surface area contributed by atoms with Gasteiger partial charge in [0.2, 0.25) is 0 Å². The Balaban J connectivity index is 1.64. The molecular weight excluding hydrogens is 328 g/mol. The van der Waals surface area contributed by atoms with Gasteiger partial charge in [-0.1, -0.05) is 19.8 Å². The number of guanidine groups is 1. The number of unbranched alkanes of at least 4 members (excludes halogenated alkanes) is 1. The van der Waals surface area contributed by atoms with Crippen LogP contribution in [0.5, 0.6) is 0 Å². The topological polar surface area (TPSA) is 76.4 Å². The third-order valence-electron chi connectivity index (χ3n) is 6.13. The second-order valence-corrected chi connectivity index (χ2v) is 7.63. The van der Waals surface area contributed by atoms with Crippen LogP contribution in [0, 0.1) is 12.3 Å². The Morgan fingerprint density at radius 1 is 1.35 bits per heavy atom. The van der Waals surface area contributed by atoms with Gasteiger partial charge in [-0.3, -0.25) is 0 Å². The molecule has 2 unspecified atom stereocenters. The first kappa shape index (κ1) is 19.1. The van der Waals surface area contributed by atoms with Crippen molar-refractivity contribution in [3.8, 4) is 0 Å². The van der Waals surface area contributed by atoms with Crippen molar-refractivity contribution >= 4 is 5.96 Å². The minimum absolute atomic E-state index is 0.324. The highest BCUT2D eigenvalue weighted by Crippen LogP contribution is 2.57. The lowest BCUT2D eigenvalue weighted by molar-refractivity contribution is -0.168. The van der Waals surface area contributed by atoms with E-state index in [1.165, 1.54) is 25.7 Å². The number of aryl methyl sites for hydroxylation is 1. The molecule has 0 amide bonds. The number of aliphatic imine (C=N–C) groups is 1. The van der Waals surface area contributed by atoms with Gasteiger partial charge in [0.15, 0.2) is 11.8 Å². The zero-order chi connectivity index (χ0) is 18.6. The van der Waals surface area contributed by atoms with Gasteiger partial charge in [-0.25, -0.2) is 4.99 Å². The van der Waals surface area contributed by atoms with Crippen LogP contribution in [0.3, 0.4) is 0 Å². The minimum Gasteiger partial charge on any atom is -0.378 e. The fourth-order valence-corrected chi connectivity index (χ4v) is 4.08. The maximum atomic E-state index is 5.97. The molecule has 0 saturated heterocycles. The van der Waals surface area contributed by atoms with E-state index in [0.717, 1.165) is 43.6 Å². The van der Waals surface area contributed by atoms with Gasteiger partial charge in [0.1, 0.15) is 12.4 Å². The SMILES string of the molecule is CCCCNC(=NCc1nnc(C)n1C)NC1CC(OCC)C12CCC2. The molecule has 26 heavy (non-hydrogen) atoms. The fraction of sp³-hybridized carbons (Fsp3) is 0.842. The number of hydrogen-bond acceptors (Lipinski definition) is 4. The molecule has 146 valence electrons. The van der Waals surface area contributed by atoms with E-state index in [2.05, 4.69) is 34.7 Å². The van der Waals surface area contributed by atoms with Crippen LogP contribution in [0.1, 0.15) is 64.0 Å². The van der Waals surface area contributed by atoms with Crippen molar-refractivity contribution in [2.24, 2.45) is 17.5 Å². The van der Waals surface area contributed by atoms with Crippen LogP contribution < -0.4 is 10.6 Å². The van der Waals surface area contributed by atoms with Gasteiger partial charge >= 0.3 is 0 Å². The Labute approximate surface area is 157 Å². The van der Waals surface area contributed by atoms with Crippen molar-refractivity contribution in [2.75, 3.05) is 13.2 Å². The third-order valence-corrected chi connectivity index (χ3v) is 6.13. The van der Waals surface area contributed by atoms with E-state index in [-0.39, 0.29) is 0 Å². The zero-order valence-corrected chi connectivity index (χ0v) is 16.7. The van der Waals surface area contributed by atoms with Gasteiger partial charge in [0.25, 0.3) is 0 Å². The summed E-state index contributed by atoms with van der Waals surface area (Å²) in [5, 5.41) is 15.5. The number of hydrogen-bond donors (Lipinski definition) is 2. The zero-order valence-electron chi connectivity index (χ0n) is 16.7. The Hall–Kier alpha value is -1.63. The number of nitrogens with zero attached hydrogens (tertiary/aromatic N) is 4. The number of aromatic nitrogens is 3. The van der Waals surface area contributed by atoms with Gasteiger partial charge in [0.05, 0.1) is 6.10 Å². The molecule has 0 bridgehead atoms. The molecule has 2 N–H and O–H groups in total. The molecule has 7 nitrogen and oxygen atoms in total. The van der Waals surface area contributed by atoms with E-state index in [4.69, 9.17) is 9.73 Å². The lowest BCUT2D eigenvalue weighted by Crippen LogP contribution is -2.68. The molecule has 0 radical (unpaired) electrons. The summed E-state index contributed by atoms with van der Waals surface area (Å²) in [6.07, 6.45) is 7.64. The molecule has 2 aliphatic carbocycles. The Kier molecular flexibility index (Phi) is 6.16. The number of ether oxygens (including phenoxy) is 1. The van der Waals surface area contributed by atoms with Crippen molar-refractivity contribution < 1.29 is 4.74 Å². The van der Waals surface area contributed by atoms with E-state index >= 15 is 0 Å². The molecule has 1 aromatic rings. The van der Waals surface area contributed by atoms with Gasteiger partial charge in [0, 0.05) is 31.7 Å². The molecule has 3 rings (SSSR count). The molecule has 1 aromatic heterocycles. The van der Waals surface area contributed by atoms with Gasteiger partial charge in [-0.15, -0.1) is 10.2 Å². The number of nitrogens with one attached hydrogen (secondary N) is 2. The molecule has 0 aromatic carbocycles. The summed E-state index contributed by atoms with van der Waals surface area (Å²) in [4.78, 5) is 4.79. The highest BCUT2D eigenvalue weighted by atomic mass is 16.5. The standard InChI is InChI=1S/C19H34N6O/c1-5-7-11-20-18(21-13-17-24-23-14(3)25(17)4)22-15-12-16(26-6-2)19(15)9-8-10-19/h15-16H,5-13H2,1-4H3,(H2,20,21,22). The summed E-state index contributed by atoms with van der Waals surface area (Å²) in [6, 6.07) is 0.460. The first-order chi connectivity index (χ1) is 12.6. The first-order valence-corrected chi connectivity index (χ1v) is 10.1. The van der Waals surface area contributed by atoms with Crippen LogP contribution in [0.4, 0.5) is 0 Å². The lowest BCUT2D eigenvalue weighted by atomic mass is 9.51. The predicted molar refractivity (Wildman–Crippen MR) is 103 cm³/mol. The summed E-state index contributed by atoms with van der Waals surface area (Å²) < 4.78 is 7.97. The summed E-state index contributed by atoms with van der Waals surface area (Å²) in [5.41, 5.74) is 0.324. The predicted octanol–water partition coefficient (Wildman–Crippen LogP) is 2.31. The molecule has 1 spiro atoms. The highest BCUT2D eigenvalue weighted by molar-refractivity contribution is 5.80. The van der Waals surface area contributed by atoms with E-state index < -0.39 is 0 Å². The van der Waals surface area contributed by atoms with Crippen LogP contribution >= 0.6 is 0 Å². The first-order valence-electron chi connectivity index (χ1n) is 10.1. The lowest BCUT2D eigenvalue weighted by Gasteiger charge is -2.61. The molecule has 0 aliphatic heterocycles. The Bertz CT molecular complexity index is 622. The van der Waals surface area contributed by atoms with Crippen molar-refractivity contribution in [2.45, 2.75) is 78.0 Å². The monoisotopic (exact) mass is 362 g/mol. The largest absolute Gasteiger partial charge is 0.378 e. The van der Waals surface area contributed by atoms with Crippen LogP contribution in [0.2, 0.25) is 0 Å². The average Bonchev–Trinajstić information content (AvgIpc) is 2.88. The van der Waals surface area contributed by atoms with Crippen molar-refractivity contribution in [1.82, 2.24) is 25.4 Å². The molecule has 7 heteroatoms. The molecule has 2 atom stereocenters. The fourth-order valence-electron chi connectivity index (χ4n) is 4.08. The second-order valence-electron chi connectivity index (χ2n) is 7.63. The average molecular weight is 363 g/mol. The third kappa shape index (κ3) is 3.72. The quantitative estimate of drug-likeness (QED) is 0.422. The summed E-state index contributed by atoms with van der Waals surface area (Å²) in [5.74, 6) is 2.69. The Morgan fingerprint density at radius 2 is 2.15 bits per heavy atom. The van der Waals surface area contributed by atoms with Crippen LogP contribution in [0.25, 0.3) is 0 Å². The van der Waals surface area contributed by atoms with Gasteiger partial charge < -0.3 is 19.9 Å². The summed E-state index contributed by atoms with van der Waals surface area (Å²) in [7, 11) is 1.99. The van der Waals surface area contributed by atoms with E-state index in [1.807, 2.05) is 18.5 Å². The van der Waals surface area contributed by atoms with Gasteiger partial charge in [-0.05, 0) is 39.5 Å². The van der Waals surface area contributed by atoms with Crippen LogP contribution in [-0.4, -0.2) is 46.0 Å². The summed E-state index contributed by atoms with van der Waals surface area (Å²) >= 11 is 0. The Morgan fingerprint density at radius 3 is 2.73 bits per heavy atom. The maximum absolute atomic E-state index is 5.97. The minimum atomic E-state index is 0.324. The highest BCUT2D eigenvalue weighted by Gasteiger charge is 2.59. The van der Waals surface area contributed by atoms with E-state index in [1.54, 1.807) is 0 Å². The van der Waals surface area contributed by atoms with Gasteiger partial charge in [-0.2, -0.15) is 0 Å². The normalized spacial score (nSPS) is 24.2. The maximum Gasteiger partial charge on any atom is 0.191 e. The van der Waals surface area contributed by atoms with Crippen LogP contribution in [0.15, 0.2) is 4.99 Å². The molecule has 2 saturated carbocycles. The van der Waals surface area contributed by atoms with Crippen LogP contribution in [-0.2, 0) is 18.3 Å². The summed E-state index contributed by atoms with van der Waals surface area (Å²) in [6.45, 7) is 8.54. The molecule has 2 aliphatic rings. The molecular formula is C19H34N6O. The number of rotatable bonds is 8. The second kappa shape index (κ2) is 8.37. The molecule has 2 fully saturated rings.